The third kappa shape index (κ3) is 3.31. The Morgan fingerprint density at radius 3 is 2.43 bits per heavy atom. The number of aromatic nitrogens is 1. The summed E-state index contributed by atoms with van der Waals surface area (Å²) in [6, 6.07) is 6.13. The molecule has 0 radical (unpaired) electrons. The van der Waals surface area contributed by atoms with Crippen LogP contribution in [-0.4, -0.2) is 16.3 Å². The van der Waals surface area contributed by atoms with E-state index in [1.807, 2.05) is 43.1 Å². The van der Waals surface area contributed by atoms with Gasteiger partial charge in [-0.2, -0.15) is 0 Å². The van der Waals surface area contributed by atoms with E-state index in [0.29, 0.717) is 10.5 Å². The van der Waals surface area contributed by atoms with E-state index >= 15 is 0 Å². The van der Waals surface area contributed by atoms with E-state index < -0.39 is 0 Å². The third-order valence-corrected chi connectivity index (χ3v) is 3.38. The van der Waals surface area contributed by atoms with Crippen LogP contribution < -0.4 is 5.73 Å². The van der Waals surface area contributed by atoms with Crippen molar-refractivity contribution in [2.75, 3.05) is 0 Å². The fourth-order valence-electron chi connectivity index (χ4n) is 1.30. The van der Waals surface area contributed by atoms with Gasteiger partial charge in [0, 0.05) is 12.2 Å². The van der Waals surface area contributed by atoms with Crippen molar-refractivity contribution in [3.63, 3.8) is 0 Å². The largest absolute Gasteiger partial charge is 0.327 e. The Kier molecular flexibility index (Phi) is 4.42. The molecule has 1 rings (SSSR count). The molecular weight excluding hydrogens is 192 g/mol. The predicted molar refractivity (Wildman–Crippen MR) is 63.4 cm³/mol. The van der Waals surface area contributed by atoms with Crippen LogP contribution in [0.2, 0.25) is 0 Å². The molecule has 3 heteroatoms. The first-order chi connectivity index (χ1) is 6.61. The van der Waals surface area contributed by atoms with E-state index in [1.54, 1.807) is 0 Å². The normalized spacial score (nSPS) is 15.5. The second kappa shape index (κ2) is 5.37. The van der Waals surface area contributed by atoms with Gasteiger partial charge in [-0.15, -0.1) is 11.8 Å². The summed E-state index contributed by atoms with van der Waals surface area (Å²) in [5, 5.41) is 0.879. The lowest BCUT2D eigenvalue weighted by molar-refractivity contribution is 0.703. The van der Waals surface area contributed by atoms with E-state index in [-0.39, 0.29) is 6.04 Å². The van der Waals surface area contributed by atoms with Crippen molar-refractivity contribution in [2.24, 2.45) is 5.73 Å². The van der Waals surface area contributed by atoms with Crippen molar-refractivity contribution in [3.05, 3.63) is 30.1 Å². The first kappa shape index (κ1) is 11.5. The topological polar surface area (TPSA) is 38.9 Å². The van der Waals surface area contributed by atoms with Crippen molar-refractivity contribution >= 4 is 11.8 Å². The SMILES string of the molecule is CC(C)SC(c1ccccn1)C(C)N. The minimum absolute atomic E-state index is 0.136. The summed E-state index contributed by atoms with van der Waals surface area (Å²) in [6.45, 7) is 6.40. The lowest BCUT2D eigenvalue weighted by Gasteiger charge is -2.21. The van der Waals surface area contributed by atoms with Gasteiger partial charge in [-0.05, 0) is 24.3 Å². The van der Waals surface area contributed by atoms with Crippen molar-refractivity contribution < 1.29 is 0 Å². The highest BCUT2D eigenvalue weighted by Gasteiger charge is 2.18. The molecule has 78 valence electrons. The Bertz CT molecular complexity index is 259. The van der Waals surface area contributed by atoms with Gasteiger partial charge in [-0.25, -0.2) is 0 Å². The first-order valence-corrected chi connectivity index (χ1v) is 5.87. The van der Waals surface area contributed by atoms with Crippen molar-refractivity contribution in [3.8, 4) is 0 Å². The molecule has 14 heavy (non-hydrogen) atoms. The van der Waals surface area contributed by atoms with E-state index in [1.165, 1.54) is 0 Å². The van der Waals surface area contributed by atoms with E-state index in [9.17, 15) is 0 Å². The molecule has 2 unspecified atom stereocenters. The molecule has 0 spiro atoms. The summed E-state index contributed by atoms with van der Waals surface area (Å²) in [5.74, 6) is 0. The number of rotatable bonds is 4. The molecule has 0 bridgehead atoms. The summed E-state index contributed by atoms with van der Waals surface area (Å²) in [7, 11) is 0. The van der Waals surface area contributed by atoms with Gasteiger partial charge < -0.3 is 5.73 Å². The van der Waals surface area contributed by atoms with Crippen LogP contribution in [0.3, 0.4) is 0 Å². The minimum Gasteiger partial charge on any atom is -0.327 e. The number of thioether (sulfide) groups is 1. The zero-order valence-corrected chi connectivity index (χ0v) is 9.79. The highest BCUT2D eigenvalue weighted by atomic mass is 32.2. The Labute approximate surface area is 90.3 Å². The van der Waals surface area contributed by atoms with Gasteiger partial charge in [0.25, 0.3) is 0 Å². The van der Waals surface area contributed by atoms with Gasteiger partial charge in [0.15, 0.2) is 0 Å². The van der Waals surface area contributed by atoms with Crippen LogP contribution >= 0.6 is 11.8 Å². The van der Waals surface area contributed by atoms with E-state index in [2.05, 4.69) is 18.8 Å². The molecule has 2 nitrogen and oxygen atoms in total. The van der Waals surface area contributed by atoms with Gasteiger partial charge >= 0.3 is 0 Å². The fourth-order valence-corrected chi connectivity index (χ4v) is 2.41. The molecule has 2 atom stereocenters. The van der Waals surface area contributed by atoms with Gasteiger partial charge in [0.2, 0.25) is 0 Å². The maximum atomic E-state index is 5.96. The second-order valence-corrected chi connectivity index (χ2v) is 5.44. The number of nitrogens with zero attached hydrogens (tertiary/aromatic N) is 1. The summed E-state index contributed by atoms with van der Waals surface area (Å²) < 4.78 is 0. The number of pyridine rings is 1. The highest BCUT2D eigenvalue weighted by Crippen LogP contribution is 2.32. The Hall–Kier alpha value is -0.540. The smallest absolute Gasteiger partial charge is 0.0620 e. The standard InChI is InChI=1S/C11H18N2S/c1-8(2)14-11(9(3)12)10-6-4-5-7-13-10/h4-9,11H,12H2,1-3H3. The fraction of sp³-hybridized carbons (Fsp3) is 0.545. The molecule has 1 aromatic heterocycles. The molecule has 0 aliphatic carbocycles. The lowest BCUT2D eigenvalue weighted by atomic mass is 10.2. The van der Waals surface area contributed by atoms with Gasteiger partial charge in [0.05, 0.1) is 10.9 Å². The second-order valence-electron chi connectivity index (χ2n) is 3.72. The zero-order valence-electron chi connectivity index (χ0n) is 8.97. The molecule has 1 heterocycles. The van der Waals surface area contributed by atoms with Crippen LogP contribution in [-0.2, 0) is 0 Å². The maximum Gasteiger partial charge on any atom is 0.0620 e. The number of hydrogen-bond acceptors (Lipinski definition) is 3. The Morgan fingerprint density at radius 2 is 2.00 bits per heavy atom. The summed E-state index contributed by atoms with van der Waals surface area (Å²) in [4.78, 5) is 4.35. The summed E-state index contributed by atoms with van der Waals surface area (Å²) in [6.07, 6.45) is 1.82. The maximum absolute atomic E-state index is 5.96. The van der Waals surface area contributed by atoms with Crippen LogP contribution in [0.4, 0.5) is 0 Å². The predicted octanol–water partition coefficient (Wildman–Crippen LogP) is 2.61. The average Bonchev–Trinajstić information content (AvgIpc) is 2.15. The van der Waals surface area contributed by atoms with Crippen LogP contribution in [0.1, 0.15) is 31.7 Å². The van der Waals surface area contributed by atoms with Gasteiger partial charge in [-0.3, -0.25) is 4.98 Å². The van der Waals surface area contributed by atoms with Crippen LogP contribution in [0, 0.1) is 0 Å². The van der Waals surface area contributed by atoms with Crippen molar-refractivity contribution in [1.82, 2.24) is 4.98 Å². The molecule has 0 saturated carbocycles. The van der Waals surface area contributed by atoms with Gasteiger partial charge in [0.1, 0.15) is 0 Å². The molecule has 0 aromatic carbocycles. The quantitative estimate of drug-likeness (QED) is 0.830. The average molecular weight is 210 g/mol. The third-order valence-electron chi connectivity index (χ3n) is 1.88. The molecular formula is C11H18N2S. The highest BCUT2D eigenvalue weighted by molar-refractivity contribution is 8.00. The molecule has 0 saturated heterocycles. The molecule has 0 aliphatic rings. The summed E-state index contributed by atoms with van der Waals surface area (Å²) >= 11 is 1.87. The van der Waals surface area contributed by atoms with E-state index in [0.717, 1.165) is 5.69 Å². The zero-order chi connectivity index (χ0) is 10.6. The molecule has 0 fully saturated rings. The monoisotopic (exact) mass is 210 g/mol. The van der Waals surface area contributed by atoms with Crippen LogP contribution in [0.25, 0.3) is 0 Å². The van der Waals surface area contributed by atoms with Crippen LogP contribution in [0.5, 0.6) is 0 Å². The first-order valence-electron chi connectivity index (χ1n) is 4.93. The van der Waals surface area contributed by atoms with Crippen molar-refractivity contribution in [2.45, 2.75) is 37.3 Å². The molecule has 0 amide bonds. The molecule has 0 aliphatic heterocycles. The Balaban J connectivity index is 2.78. The Morgan fingerprint density at radius 1 is 1.29 bits per heavy atom. The summed E-state index contributed by atoms with van der Waals surface area (Å²) in [5.41, 5.74) is 7.04. The van der Waals surface area contributed by atoms with Crippen LogP contribution in [0.15, 0.2) is 24.4 Å². The van der Waals surface area contributed by atoms with Crippen molar-refractivity contribution in [1.29, 1.82) is 0 Å². The van der Waals surface area contributed by atoms with Gasteiger partial charge in [-0.1, -0.05) is 19.9 Å². The molecule has 1 aromatic rings. The number of hydrogen-bond donors (Lipinski definition) is 1. The molecule has 2 N–H and O–H groups in total. The minimum atomic E-state index is 0.136. The number of nitrogens with two attached hydrogens (primary N) is 1. The lowest BCUT2D eigenvalue weighted by Crippen LogP contribution is -2.24. The van der Waals surface area contributed by atoms with E-state index in [4.69, 9.17) is 5.73 Å².